The van der Waals surface area contributed by atoms with Gasteiger partial charge in [0.1, 0.15) is 6.04 Å². The van der Waals surface area contributed by atoms with Crippen LogP contribution in [-0.4, -0.2) is 96.9 Å². The summed E-state index contributed by atoms with van der Waals surface area (Å²) in [4.78, 5) is 52.8. The highest BCUT2D eigenvalue weighted by Gasteiger charge is 2.33. The third kappa shape index (κ3) is 23.4. The zero-order valence-electron chi connectivity index (χ0n) is 32.0. The molecule has 0 aromatic heterocycles. The standard InChI is InChI=1S/C36H71BN4O9S/c1-5-6-7-8-9-10-11-12-13-18-23-51(49,50)26-30(19-14-16-21-38)36(46)41-34(29(4)42)33(44)24-27(2)35(45)40-31(20-15-17-22-39)32(43)25-28(3)37(47)48/h27-31,34,42,47-48H,5-26,38-39H2,1-4H3,(H,40,45)(H,41,46)/t27-,28-,29-,30-,31+,34?/m1/s1. The monoisotopic (exact) mass is 747 g/mol. The van der Waals surface area contributed by atoms with E-state index in [1.807, 2.05) is 0 Å². The van der Waals surface area contributed by atoms with Crippen LogP contribution >= 0.6 is 0 Å². The Morgan fingerprint density at radius 3 is 1.73 bits per heavy atom. The maximum atomic E-state index is 13.4. The highest BCUT2D eigenvalue weighted by atomic mass is 32.2. The fourth-order valence-corrected chi connectivity index (χ4v) is 7.71. The number of ketones is 2. The Kier molecular flexibility index (Phi) is 27.5. The predicted octanol–water partition coefficient (Wildman–Crippen LogP) is 2.96. The van der Waals surface area contributed by atoms with Gasteiger partial charge in [0.2, 0.25) is 11.8 Å². The van der Waals surface area contributed by atoms with Crippen molar-refractivity contribution in [3.05, 3.63) is 0 Å². The number of aliphatic hydroxyl groups excluding tert-OH is 1. The van der Waals surface area contributed by atoms with Gasteiger partial charge in [0.05, 0.1) is 29.6 Å². The van der Waals surface area contributed by atoms with E-state index in [0.717, 1.165) is 25.7 Å². The van der Waals surface area contributed by atoms with Crippen LogP contribution in [0, 0.1) is 11.8 Å². The van der Waals surface area contributed by atoms with E-state index in [9.17, 15) is 42.8 Å². The molecule has 2 amide bonds. The van der Waals surface area contributed by atoms with Crippen LogP contribution in [0.2, 0.25) is 5.82 Å². The molecule has 298 valence electrons. The highest BCUT2D eigenvalue weighted by Crippen LogP contribution is 2.18. The van der Waals surface area contributed by atoms with Crippen molar-refractivity contribution in [3.8, 4) is 0 Å². The highest BCUT2D eigenvalue weighted by molar-refractivity contribution is 7.91. The van der Waals surface area contributed by atoms with E-state index in [1.54, 1.807) is 0 Å². The summed E-state index contributed by atoms with van der Waals surface area (Å²) in [5.74, 6) is -5.22. The van der Waals surface area contributed by atoms with E-state index in [1.165, 1.54) is 52.9 Å². The summed E-state index contributed by atoms with van der Waals surface area (Å²) in [6.45, 7) is 7.31. The zero-order valence-corrected chi connectivity index (χ0v) is 32.8. The molecule has 0 saturated carbocycles. The topological polar surface area (TPSA) is 239 Å². The first-order valence-corrected chi connectivity index (χ1v) is 21.2. The Morgan fingerprint density at radius 1 is 0.686 bits per heavy atom. The SMILES string of the molecule is CCCCCCCCCCCCS(=O)(=O)C[C@@H](CCCCN)C(=O)NC(C(=O)C[C@@H](C)C(=O)N[C@@H](CCCCN)C(=O)C[C@@H](C)B(O)O)[C@@H](C)O. The Balaban J connectivity index is 5.37. The lowest BCUT2D eigenvalue weighted by atomic mass is 9.71. The molecule has 0 aromatic carbocycles. The molecule has 0 radical (unpaired) electrons. The largest absolute Gasteiger partial charge is 0.454 e. The van der Waals surface area contributed by atoms with Crippen molar-refractivity contribution in [2.75, 3.05) is 24.6 Å². The third-order valence-corrected chi connectivity index (χ3v) is 11.2. The fraction of sp³-hybridized carbons (Fsp3) is 0.889. The van der Waals surface area contributed by atoms with Gasteiger partial charge in [0.15, 0.2) is 21.4 Å². The van der Waals surface area contributed by atoms with Crippen molar-refractivity contribution in [2.45, 2.75) is 167 Å². The van der Waals surface area contributed by atoms with Gasteiger partial charge in [-0.2, -0.15) is 0 Å². The Morgan fingerprint density at radius 2 is 1.22 bits per heavy atom. The fourth-order valence-electron chi connectivity index (χ4n) is 5.97. The van der Waals surface area contributed by atoms with Gasteiger partial charge in [-0.15, -0.1) is 0 Å². The minimum Gasteiger partial charge on any atom is -0.427 e. The van der Waals surface area contributed by atoms with E-state index in [4.69, 9.17) is 11.5 Å². The van der Waals surface area contributed by atoms with Crippen molar-refractivity contribution < 1.29 is 42.8 Å². The average molecular weight is 747 g/mol. The van der Waals surface area contributed by atoms with Gasteiger partial charge >= 0.3 is 7.12 Å². The van der Waals surface area contributed by atoms with Crippen molar-refractivity contribution in [1.82, 2.24) is 10.6 Å². The van der Waals surface area contributed by atoms with Gasteiger partial charge < -0.3 is 37.3 Å². The number of nitrogens with two attached hydrogens (primary N) is 2. The minimum atomic E-state index is -3.57. The van der Waals surface area contributed by atoms with Gasteiger partial charge in [0.25, 0.3) is 0 Å². The number of nitrogens with one attached hydrogen (secondary N) is 2. The molecular formula is C36H71BN4O9S. The molecular weight excluding hydrogens is 675 g/mol. The number of carbonyl (C=O) groups excluding carboxylic acids is 4. The number of Topliss-reactive ketones (excluding diaryl/α,β-unsaturated/α-hetero) is 2. The van der Waals surface area contributed by atoms with Crippen LogP contribution in [-0.2, 0) is 29.0 Å². The van der Waals surface area contributed by atoms with Crippen molar-refractivity contribution >= 4 is 40.3 Å². The molecule has 0 spiro atoms. The Labute approximate surface area is 308 Å². The van der Waals surface area contributed by atoms with Crippen molar-refractivity contribution in [3.63, 3.8) is 0 Å². The second-order valence-corrected chi connectivity index (χ2v) is 16.7. The molecule has 9 N–H and O–H groups in total. The summed E-state index contributed by atoms with van der Waals surface area (Å²) < 4.78 is 26.2. The van der Waals surface area contributed by atoms with Gasteiger partial charge in [-0.1, -0.05) is 85.0 Å². The summed E-state index contributed by atoms with van der Waals surface area (Å²) in [7, 11) is -5.26. The molecule has 15 heteroatoms. The number of hydrogen-bond donors (Lipinski definition) is 7. The number of carbonyl (C=O) groups is 4. The van der Waals surface area contributed by atoms with Crippen LogP contribution in [0.25, 0.3) is 0 Å². The molecule has 6 atom stereocenters. The normalized spacial score (nSPS) is 15.3. The Hall–Kier alpha value is -1.91. The summed E-state index contributed by atoms with van der Waals surface area (Å²) in [5.41, 5.74) is 11.2. The quantitative estimate of drug-likeness (QED) is 0.0381. The van der Waals surface area contributed by atoms with E-state index >= 15 is 0 Å². The summed E-state index contributed by atoms with van der Waals surface area (Å²) >= 11 is 0. The molecule has 0 heterocycles. The summed E-state index contributed by atoms with van der Waals surface area (Å²) in [6, 6.07) is -2.28. The van der Waals surface area contributed by atoms with Crippen molar-refractivity contribution in [1.29, 1.82) is 0 Å². The smallest absolute Gasteiger partial charge is 0.427 e. The zero-order chi connectivity index (χ0) is 38.8. The molecule has 1 unspecified atom stereocenters. The second kappa shape index (κ2) is 28.6. The van der Waals surface area contributed by atoms with Crippen LogP contribution in [0.5, 0.6) is 0 Å². The first kappa shape index (κ1) is 49.1. The third-order valence-electron chi connectivity index (χ3n) is 9.41. The first-order valence-electron chi connectivity index (χ1n) is 19.4. The predicted molar refractivity (Wildman–Crippen MR) is 203 cm³/mol. The molecule has 0 bridgehead atoms. The number of sulfone groups is 1. The van der Waals surface area contributed by atoms with Crippen LogP contribution in [0.4, 0.5) is 0 Å². The van der Waals surface area contributed by atoms with E-state index < -0.39 is 70.4 Å². The number of aliphatic hydroxyl groups is 1. The second-order valence-electron chi connectivity index (χ2n) is 14.5. The summed E-state index contributed by atoms with van der Waals surface area (Å²) in [5, 5.41) is 34.5. The maximum Gasteiger partial charge on any atom is 0.454 e. The van der Waals surface area contributed by atoms with Crippen LogP contribution in [0.1, 0.15) is 143 Å². The minimum absolute atomic E-state index is 0.0230. The van der Waals surface area contributed by atoms with E-state index in [0.29, 0.717) is 45.2 Å². The molecule has 0 aliphatic carbocycles. The Bertz CT molecular complexity index is 1090. The summed E-state index contributed by atoms with van der Waals surface area (Å²) in [6.07, 6.45) is 11.7. The van der Waals surface area contributed by atoms with E-state index in [2.05, 4.69) is 17.6 Å². The lowest BCUT2D eigenvalue weighted by molar-refractivity contribution is -0.135. The number of unbranched alkanes of at least 4 members (excludes halogenated alkanes) is 11. The molecule has 0 rings (SSSR count). The van der Waals surface area contributed by atoms with E-state index in [-0.39, 0.29) is 43.0 Å². The first-order chi connectivity index (χ1) is 24.1. The molecule has 0 aliphatic rings. The van der Waals surface area contributed by atoms with Gasteiger partial charge in [-0.3, -0.25) is 19.2 Å². The average Bonchev–Trinajstić information content (AvgIpc) is 3.06. The number of hydrogen-bond acceptors (Lipinski definition) is 11. The van der Waals surface area contributed by atoms with Crippen LogP contribution in [0.15, 0.2) is 0 Å². The number of amides is 2. The number of rotatable bonds is 33. The maximum absolute atomic E-state index is 13.4. The molecule has 13 nitrogen and oxygen atoms in total. The molecule has 0 saturated heterocycles. The molecule has 0 fully saturated rings. The van der Waals surface area contributed by atoms with Crippen molar-refractivity contribution in [2.24, 2.45) is 23.3 Å². The lowest BCUT2D eigenvalue weighted by Gasteiger charge is -2.25. The van der Waals surface area contributed by atoms with Crippen LogP contribution in [0.3, 0.4) is 0 Å². The molecule has 51 heavy (non-hydrogen) atoms. The lowest BCUT2D eigenvalue weighted by Crippen LogP contribution is -2.51. The van der Waals surface area contributed by atoms with Gasteiger partial charge in [-0.25, -0.2) is 8.42 Å². The molecule has 0 aromatic rings. The van der Waals surface area contributed by atoms with Gasteiger partial charge in [0, 0.05) is 18.8 Å². The molecule has 0 aliphatic heterocycles. The van der Waals surface area contributed by atoms with Gasteiger partial charge in [-0.05, 0) is 64.4 Å². The van der Waals surface area contributed by atoms with Crippen LogP contribution < -0.4 is 22.1 Å².